The molecule has 1 aromatic heterocycles. The fourth-order valence-electron chi connectivity index (χ4n) is 2.35. The molecule has 0 unspecified atom stereocenters. The van der Waals surface area contributed by atoms with E-state index < -0.39 is 0 Å². The fraction of sp³-hybridized carbons (Fsp3) is 0.125. The summed E-state index contributed by atoms with van der Waals surface area (Å²) in [7, 11) is 3.28. The number of benzene rings is 2. The van der Waals surface area contributed by atoms with Crippen LogP contribution in [-0.2, 0) is 16.8 Å². The monoisotopic (exact) mass is 349 g/mol. The number of aliphatic imine (C=N–C) groups is 1. The number of fused-ring (bicyclic) bond motifs is 1. The van der Waals surface area contributed by atoms with Crippen LogP contribution in [0.5, 0.6) is 0 Å². The first kappa shape index (κ1) is 15.8. The van der Waals surface area contributed by atoms with Crippen molar-refractivity contribution in [1.29, 1.82) is 0 Å². The minimum absolute atomic E-state index is 0.554. The van der Waals surface area contributed by atoms with Crippen LogP contribution < -0.4 is 0 Å². The van der Waals surface area contributed by atoms with Gasteiger partial charge in [0.05, 0.1) is 12.8 Å². The molecule has 0 saturated carbocycles. The first-order valence-electron chi connectivity index (χ1n) is 6.73. The second-order valence-corrected chi connectivity index (χ2v) is 5.70. The van der Waals surface area contributed by atoms with Gasteiger partial charge in [0.15, 0.2) is 0 Å². The normalized spacial score (nSPS) is 11.5. The zero-order valence-electron chi connectivity index (χ0n) is 12.5. The van der Waals surface area contributed by atoms with E-state index in [4.69, 9.17) is 23.2 Å². The van der Waals surface area contributed by atoms with E-state index in [-0.39, 0.29) is 0 Å². The average molecular weight is 350 g/mol. The van der Waals surface area contributed by atoms with Gasteiger partial charge in [0.1, 0.15) is 5.52 Å². The summed E-state index contributed by atoms with van der Waals surface area (Å²) in [4.78, 5) is 13.4. The Labute approximate surface area is 143 Å². The van der Waals surface area contributed by atoms with E-state index in [1.54, 1.807) is 16.8 Å². The molecule has 3 rings (SSSR count). The molecular formula is C16H13Cl2N3O2. The number of aryl methyl sites for hydroxylation is 1. The summed E-state index contributed by atoms with van der Waals surface area (Å²) in [5, 5.41) is 6.59. The van der Waals surface area contributed by atoms with Crippen LogP contribution in [0.3, 0.4) is 0 Å². The Balaban J connectivity index is 2.20. The van der Waals surface area contributed by atoms with Crippen LogP contribution in [0.2, 0.25) is 10.0 Å². The summed E-state index contributed by atoms with van der Waals surface area (Å²) in [6.07, 6.45) is 3.14. The van der Waals surface area contributed by atoms with Gasteiger partial charge in [0.2, 0.25) is 6.40 Å². The predicted molar refractivity (Wildman–Crippen MR) is 92.4 cm³/mol. The van der Waals surface area contributed by atoms with Gasteiger partial charge in [-0.1, -0.05) is 29.3 Å². The smallest absolute Gasteiger partial charge is 0.219 e. The lowest BCUT2D eigenvalue weighted by molar-refractivity contribution is -0.187. The molecule has 2 aromatic carbocycles. The molecule has 5 nitrogen and oxygen atoms in total. The van der Waals surface area contributed by atoms with Gasteiger partial charge in [-0.25, -0.2) is 4.99 Å². The maximum atomic E-state index is 6.35. The molecule has 0 aliphatic rings. The number of nitrogens with zero attached hydrogens (tertiary/aromatic N) is 3. The molecule has 3 aromatic rings. The molecule has 0 bridgehead atoms. The second kappa shape index (κ2) is 6.58. The molecular weight excluding hydrogens is 337 g/mol. The molecule has 0 atom stereocenters. The standard InChI is InChI=1S/C16H13Cl2N3O2/c1-21-8-10-5-12(19-9-23-22-2)7-14(16(10)20-21)13-4-3-11(17)6-15(13)18/h3-9H,1-2H3. The van der Waals surface area contributed by atoms with Gasteiger partial charge in [-0.15, -0.1) is 0 Å². The number of aromatic nitrogens is 2. The van der Waals surface area contributed by atoms with E-state index in [0.29, 0.717) is 15.7 Å². The average Bonchev–Trinajstić information content (AvgIpc) is 2.87. The van der Waals surface area contributed by atoms with Crippen molar-refractivity contribution in [2.24, 2.45) is 12.0 Å². The highest BCUT2D eigenvalue weighted by atomic mass is 35.5. The van der Waals surface area contributed by atoms with Crippen LogP contribution >= 0.6 is 23.2 Å². The molecule has 118 valence electrons. The Hall–Kier alpha value is -2.08. The summed E-state index contributed by atoms with van der Waals surface area (Å²) in [6, 6.07) is 9.16. The van der Waals surface area contributed by atoms with Crippen LogP contribution in [-0.4, -0.2) is 23.3 Å². The molecule has 0 fully saturated rings. The lowest BCUT2D eigenvalue weighted by Gasteiger charge is -2.07. The molecule has 0 radical (unpaired) electrons. The number of hydrogen-bond donors (Lipinski definition) is 0. The summed E-state index contributed by atoms with van der Waals surface area (Å²) in [5.41, 5.74) is 3.24. The van der Waals surface area contributed by atoms with Crippen molar-refractivity contribution in [2.75, 3.05) is 7.11 Å². The molecule has 0 spiro atoms. The van der Waals surface area contributed by atoms with Crippen molar-refractivity contribution in [3.63, 3.8) is 0 Å². The zero-order valence-corrected chi connectivity index (χ0v) is 14.0. The maximum absolute atomic E-state index is 6.35. The molecule has 0 amide bonds. The highest BCUT2D eigenvalue weighted by Crippen LogP contribution is 2.37. The van der Waals surface area contributed by atoms with Crippen molar-refractivity contribution in [2.45, 2.75) is 0 Å². The second-order valence-electron chi connectivity index (χ2n) is 4.86. The number of rotatable bonds is 4. The third-order valence-electron chi connectivity index (χ3n) is 3.27. The number of halogens is 2. The van der Waals surface area contributed by atoms with Gasteiger partial charge in [-0.2, -0.15) is 9.99 Å². The molecule has 0 aliphatic carbocycles. The quantitative estimate of drug-likeness (QED) is 0.294. The first-order valence-corrected chi connectivity index (χ1v) is 7.49. The van der Waals surface area contributed by atoms with Crippen molar-refractivity contribution in [1.82, 2.24) is 9.78 Å². The van der Waals surface area contributed by atoms with E-state index in [1.165, 1.54) is 13.5 Å². The fourth-order valence-corrected chi connectivity index (χ4v) is 2.86. The van der Waals surface area contributed by atoms with E-state index in [0.717, 1.165) is 22.0 Å². The van der Waals surface area contributed by atoms with Gasteiger partial charge in [-0.3, -0.25) is 4.68 Å². The Morgan fingerprint density at radius 2 is 2.00 bits per heavy atom. The van der Waals surface area contributed by atoms with Crippen LogP contribution in [0.15, 0.2) is 41.5 Å². The van der Waals surface area contributed by atoms with Crippen molar-refractivity contribution in [3.8, 4) is 11.1 Å². The van der Waals surface area contributed by atoms with Crippen LogP contribution in [0.1, 0.15) is 0 Å². The largest absolute Gasteiger partial charge is 0.325 e. The minimum atomic E-state index is 0.554. The van der Waals surface area contributed by atoms with E-state index in [2.05, 4.69) is 19.9 Å². The van der Waals surface area contributed by atoms with Crippen molar-refractivity contribution >= 4 is 46.2 Å². The summed E-state index contributed by atoms with van der Waals surface area (Å²) >= 11 is 12.3. The van der Waals surface area contributed by atoms with Crippen molar-refractivity contribution in [3.05, 3.63) is 46.6 Å². The van der Waals surface area contributed by atoms with Crippen molar-refractivity contribution < 1.29 is 9.78 Å². The van der Waals surface area contributed by atoms with Crippen LogP contribution in [0, 0.1) is 0 Å². The molecule has 7 heteroatoms. The molecule has 0 aliphatic heterocycles. The summed E-state index contributed by atoms with van der Waals surface area (Å²) in [5.74, 6) is 0. The van der Waals surface area contributed by atoms with Crippen LogP contribution in [0.4, 0.5) is 5.69 Å². The lowest BCUT2D eigenvalue weighted by atomic mass is 10.0. The highest BCUT2D eigenvalue weighted by Gasteiger charge is 2.13. The first-order chi connectivity index (χ1) is 11.1. The zero-order chi connectivity index (χ0) is 16.4. The van der Waals surface area contributed by atoms with Crippen LogP contribution in [0.25, 0.3) is 22.0 Å². The predicted octanol–water partition coefficient (Wildman–Crippen LogP) is 4.78. The third-order valence-corrected chi connectivity index (χ3v) is 3.82. The minimum Gasteiger partial charge on any atom is -0.325 e. The SMILES string of the molecule is COOC=Nc1cc(-c2ccc(Cl)cc2Cl)c2nn(C)cc2c1. The van der Waals surface area contributed by atoms with Gasteiger partial charge in [0.25, 0.3) is 0 Å². The molecule has 1 heterocycles. The van der Waals surface area contributed by atoms with Gasteiger partial charge < -0.3 is 4.89 Å². The Kier molecular flexibility index (Phi) is 4.52. The Morgan fingerprint density at radius 1 is 1.17 bits per heavy atom. The Bertz CT molecular complexity index is 890. The van der Waals surface area contributed by atoms with E-state index in [1.807, 2.05) is 31.4 Å². The summed E-state index contributed by atoms with van der Waals surface area (Å²) < 4.78 is 1.75. The Morgan fingerprint density at radius 3 is 2.74 bits per heavy atom. The molecule has 0 N–H and O–H groups in total. The van der Waals surface area contributed by atoms with E-state index in [9.17, 15) is 0 Å². The summed E-state index contributed by atoms with van der Waals surface area (Å²) in [6.45, 7) is 0. The van der Waals surface area contributed by atoms with Gasteiger partial charge in [0, 0.05) is 39.8 Å². The maximum Gasteiger partial charge on any atom is 0.219 e. The number of hydrogen-bond acceptors (Lipinski definition) is 4. The lowest BCUT2D eigenvalue weighted by Crippen LogP contribution is -1.88. The highest BCUT2D eigenvalue weighted by molar-refractivity contribution is 6.36. The molecule has 23 heavy (non-hydrogen) atoms. The topological polar surface area (TPSA) is 48.6 Å². The van der Waals surface area contributed by atoms with Gasteiger partial charge >= 0.3 is 0 Å². The molecule has 0 saturated heterocycles. The van der Waals surface area contributed by atoms with Gasteiger partial charge in [-0.05, 0) is 24.3 Å². The third kappa shape index (κ3) is 3.32. The van der Waals surface area contributed by atoms with E-state index >= 15 is 0 Å².